The summed E-state index contributed by atoms with van der Waals surface area (Å²) in [5.74, 6) is 0.432. The van der Waals surface area contributed by atoms with Crippen molar-refractivity contribution in [3.05, 3.63) is 81.3 Å². The molecule has 0 atom stereocenters. The first-order chi connectivity index (χ1) is 15.6. The van der Waals surface area contributed by atoms with E-state index in [9.17, 15) is 18.0 Å². The Bertz CT molecular complexity index is 1250. The third kappa shape index (κ3) is 4.90. The van der Waals surface area contributed by atoms with Crippen molar-refractivity contribution >= 4 is 34.6 Å². The molecule has 2 N–H and O–H groups in total. The van der Waals surface area contributed by atoms with Crippen molar-refractivity contribution in [1.82, 2.24) is 0 Å². The Labute approximate surface area is 193 Å². The first-order valence-corrected chi connectivity index (χ1v) is 10.7. The van der Waals surface area contributed by atoms with Gasteiger partial charge in [-0.2, -0.15) is 18.3 Å². The number of halogens is 4. The molecular weight excluding hydrogens is 455 g/mol. The van der Waals surface area contributed by atoms with Gasteiger partial charge in [-0.3, -0.25) is 10.2 Å². The highest BCUT2D eigenvalue weighted by Crippen LogP contribution is 2.32. The monoisotopic (exact) mass is 475 g/mol. The quantitative estimate of drug-likeness (QED) is 0.400. The van der Waals surface area contributed by atoms with Crippen molar-refractivity contribution in [3.63, 3.8) is 0 Å². The summed E-state index contributed by atoms with van der Waals surface area (Å²) in [4.78, 5) is 12.9. The first kappa shape index (κ1) is 22.9. The van der Waals surface area contributed by atoms with Gasteiger partial charge in [0.05, 0.1) is 17.0 Å². The second kappa shape index (κ2) is 8.94. The predicted molar refractivity (Wildman–Crippen MR) is 122 cm³/mol. The maximum atomic E-state index is 13.0. The lowest BCUT2D eigenvalue weighted by molar-refractivity contribution is -0.137. The molecule has 2 aromatic carbocycles. The zero-order valence-corrected chi connectivity index (χ0v) is 18.7. The van der Waals surface area contributed by atoms with Crippen LogP contribution in [0.15, 0.2) is 52.0 Å². The van der Waals surface area contributed by atoms with Gasteiger partial charge in [0.15, 0.2) is 5.76 Å². The molecule has 33 heavy (non-hydrogen) atoms. The van der Waals surface area contributed by atoms with E-state index in [1.54, 1.807) is 25.1 Å². The second-order valence-corrected chi connectivity index (χ2v) is 8.31. The first-order valence-electron chi connectivity index (χ1n) is 10.3. The molecule has 1 amide bonds. The minimum atomic E-state index is -4.44. The average molecular weight is 476 g/mol. The van der Waals surface area contributed by atoms with Crippen molar-refractivity contribution in [2.24, 2.45) is 5.10 Å². The molecule has 0 saturated heterocycles. The third-order valence-corrected chi connectivity index (χ3v) is 5.71. The van der Waals surface area contributed by atoms with Crippen LogP contribution in [0.4, 0.5) is 24.5 Å². The number of nitrogens with one attached hydrogen (secondary N) is 2. The SMILES string of the molecule is Cc1cc(Cl)ccc1NC(=O)c1oc2c(c1C)/C(=N/Nc1cccc(C(F)(F)F)c1)CCC2. The van der Waals surface area contributed by atoms with Gasteiger partial charge >= 0.3 is 6.18 Å². The molecular formula is C24H21ClF3N3O2. The van der Waals surface area contributed by atoms with Crippen LogP contribution >= 0.6 is 11.6 Å². The summed E-state index contributed by atoms with van der Waals surface area (Å²) in [6.45, 7) is 3.61. The molecule has 5 nitrogen and oxygen atoms in total. The van der Waals surface area contributed by atoms with E-state index in [1.807, 2.05) is 6.92 Å². The zero-order valence-electron chi connectivity index (χ0n) is 17.9. The standard InChI is InChI=1S/C24H21ClF3N3O2/c1-13-11-16(25)9-10-18(13)29-23(32)22-14(2)21-19(7-4-8-20(21)33-22)31-30-17-6-3-5-15(12-17)24(26,27)28/h3,5-6,9-12,30H,4,7-8H2,1-2H3,(H,29,32)/b31-19+. The molecule has 0 unspecified atom stereocenters. The molecule has 4 rings (SSSR count). The van der Waals surface area contributed by atoms with Crippen molar-refractivity contribution in [1.29, 1.82) is 0 Å². The van der Waals surface area contributed by atoms with Crippen LogP contribution in [-0.2, 0) is 12.6 Å². The zero-order chi connectivity index (χ0) is 23.8. The molecule has 3 aromatic rings. The summed E-state index contributed by atoms with van der Waals surface area (Å²) in [6, 6.07) is 10.0. The van der Waals surface area contributed by atoms with Gasteiger partial charge in [-0.25, -0.2) is 0 Å². The number of aryl methyl sites for hydroxylation is 2. The largest absolute Gasteiger partial charge is 0.455 e. The Balaban J connectivity index is 1.59. The second-order valence-electron chi connectivity index (χ2n) is 7.87. The normalized spacial score (nSPS) is 14.8. The number of fused-ring (bicyclic) bond motifs is 1. The Morgan fingerprint density at radius 1 is 1.12 bits per heavy atom. The van der Waals surface area contributed by atoms with Crippen LogP contribution < -0.4 is 10.7 Å². The fraction of sp³-hybridized carbons (Fsp3) is 0.250. The summed E-state index contributed by atoms with van der Waals surface area (Å²) in [7, 11) is 0. The van der Waals surface area contributed by atoms with E-state index in [0.717, 1.165) is 29.7 Å². The lowest BCUT2D eigenvalue weighted by Gasteiger charge is -2.14. The summed E-state index contributed by atoms with van der Waals surface area (Å²) < 4.78 is 44.8. The van der Waals surface area contributed by atoms with E-state index in [1.165, 1.54) is 12.1 Å². The van der Waals surface area contributed by atoms with E-state index >= 15 is 0 Å². The van der Waals surface area contributed by atoms with E-state index in [2.05, 4.69) is 15.8 Å². The van der Waals surface area contributed by atoms with Crippen LogP contribution in [-0.4, -0.2) is 11.6 Å². The smallest absolute Gasteiger partial charge is 0.416 e. The van der Waals surface area contributed by atoms with Crippen molar-refractivity contribution in [2.75, 3.05) is 10.7 Å². The highest BCUT2D eigenvalue weighted by molar-refractivity contribution is 6.30. The van der Waals surface area contributed by atoms with Gasteiger partial charge in [0.2, 0.25) is 0 Å². The fourth-order valence-corrected chi connectivity index (χ4v) is 4.07. The van der Waals surface area contributed by atoms with E-state index in [0.29, 0.717) is 40.6 Å². The third-order valence-electron chi connectivity index (χ3n) is 5.48. The number of hydrazone groups is 1. The van der Waals surface area contributed by atoms with E-state index in [4.69, 9.17) is 16.0 Å². The number of hydrogen-bond donors (Lipinski definition) is 2. The van der Waals surface area contributed by atoms with E-state index in [-0.39, 0.29) is 11.4 Å². The van der Waals surface area contributed by atoms with Gasteiger partial charge in [0.1, 0.15) is 5.76 Å². The molecule has 0 saturated carbocycles. The number of alkyl halides is 3. The van der Waals surface area contributed by atoms with Gasteiger partial charge in [-0.15, -0.1) is 0 Å². The minimum Gasteiger partial charge on any atom is -0.455 e. The fourth-order valence-electron chi connectivity index (χ4n) is 3.84. The maximum Gasteiger partial charge on any atom is 0.416 e. The predicted octanol–water partition coefficient (Wildman–Crippen LogP) is 6.97. The minimum absolute atomic E-state index is 0.183. The summed E-state index contributed by atoms with van der Waals surface area (Å²) in [5.41, 5.74) is 5.62. The summed E-state index contributed by atoms with van der Waals surface area (Å²) >= 11 is 5.98. The highest BCUT2D eigenvalue weighted by Gasteiger charge is 2.31. The number of furan rings is 1. The Hall–Kier alpha value is -3.26. The maximum absolute atomic E-state index is 13.0. The number of rotatable bonds is 4. The van der Waals surface area contributed by atoms with Gasteiger partial charge in [-0.1, -0.05) is 17.7 Å². The summed E-state index contributed by atoms with van der Waals surface area (Å²) in [5, 5.41) is 7.77. The van der Waals surface area contributed by atoms with Gasteiger partial charge < -0.3 is 9.73 Å². The van der Waals surface area contributed by atoms with Gasteiger partial charge in [0, 0.05) is 28.3 Å². The number of nitrogens with zero attached hydrogens (tertiary/aromatic N) is 1. The molecule has 0 fully saturated rings. The van der Waals surface area contributed by atoms with Crippen LogP contribution in [0.5, 0.6) is 0 Å². The van der Waals surface area contributed by atoms with Gasteiger partial charge in [0.25, 0.3) is 5.91 Å². The number of carbonyl (C=O) groups excluding carboxylic acids is 1. The van der Waals surface area contributed by atoms with Gasteiger partial charge in [-0.05, 0) is 68.7 Å². The van der Waals surface area contributed by atoms with Crippen LogP contribution in [0.1, 0.15) is 51.4 Å². The Kier molecular flexibility index (Phi) is 6.21. The number of anilines is 2. The number of carbonyl (C=O) groups is 1. The molecule has 9 heteroatoms. The molecule has 1 aromatic heterocycles. The molecule has 0 spiro atoms. The summed E-state index contributed by atoms with van der Waals surface area (Å²) in [6.07, 6.45) is -2.43. The highest BCUT2D eigenvalue weighted by atomic mass is 35.5. The molecule has 1 heterocycles. The number of amides is 1. The Morgan fingerprint density at radius 2 is 1.91 bits per heavy atom. The topological polar surface area (TPSA) is 66.6 Å². The lowest BCUT2D eigenvalue weighted by Crippen LogP contribution is -2.15. The van der Waals surface area contributed by atoms with Crippen molar-refractivity contribution in [3.8, 4) is 0 Å². The molecule has 1 aliphatic rings. The Morgan fingerprint density at radius 3 is 2.64 bits per heavy atom. The number of hydrogen-bond acceptors (Lipinski definition) is 4. The van der Waals surface area contributed by atoms with Crippen LogP contribution in [0, 0.1) is 13.8 Å². The molecule has 172 valence electrons. The van der Waals surface area contributed by atoms with E-state index < -0.39 is 17.6 Å². The van der Waals surface area contributed by atoms with Crippen molar-refractivity contribution < 1.29 is 22.4 Å². The van der Waals surface area contributed by atoms with Crippen molar-refractivity contribution in [2.45, 2.75) is 39.3 Å². The van der Waals surface area contributed by atoms with Crippen LogP contribution in [0.25, 0.3) is 0 Å². The molecule has 0 aliphatic heterocycles. The molecule has 0 radical (unpaired) electrons. The average Bonchev–Trinajstić information content (AvgIpc) is 3.11. The molecule has 0 bridgehead atoms. The van der Waals surface area contributed by atoms with Crippen LogP contribution in [0.2, 0.25) is 5.02 Å². The molecule has 1 aliphatic carbocycles. The lowest BCUT2D eigenvalue weighted by atomic mass is 9.93. The number of benzene rings is 2. The van der Waals surface area contributed by atoms with Crippen LogP contribution in [0.3, 0.4) is 0 Å².